The van der Waals surface area contributed by atoms with Gasteiger partial charge in [0.15, 0.2) is 0 Å². The van der Waals surface area contributed by atoms with Crippen LogP contribution >= 0.6 is 0 Å². The second-order valence-corrected chi connectivity index (χ2v) is 9.29. The number of aromatic amines is 1. The summed E-state index contributed by atoms with van der Waals surface area (Å²) in [5.41, 5.74) is 4.01. The maximum absolute atomic E-state index is 12.9. The standard InChI is InChI=1S/C24H41N5O2/c1-5-27-13-15-28(16-14-27)10-6-9-25-22(30)17-21-7-11-29(12-8-21)24(31)23-19(3)18(2)20(4)26-23/h21,26H,5-17H2,1-4H3,(H,25,30). The number of piperidine rings is 1. The lowest BCUT2D eigenvalue weighted by atomic mass is 9.93. The van der Waals surface area contributed by atoms with Crippen LogP contribution in [0.1, 0.15) is 59.9 Å². The lowest BCUT2D eigenvalue weighted by Crippen LogP contribution is -2.46. The molecule has 0 atom stereocenters. The van der Waals surface area contributed by atoms with Gasteiger partial charge in [0.05, 0.1) is 0 Å². The molecule has 2 saturated heterocycles. The molecular weight excluding hydrogens is 390 g/mol. The van der Waals surface area contributed by atoms with Gasteiger partial charge in [-0.05, 0) is 70.2 Å². The Morgan fingerprint density at radius 2 is 1.61 bits per heavy atom. The fourth-order valence-electron chi connectivity index (χ4n) is 4.75. The SMILES string of the molecule is CCN1CCN(CCCNC(=O)CC2CCN(C(=O)c3[nH]c(C)c(C)c3C)CC2)CC1. The van der Waals surface area contributed by atoms with Crippen LogP contribution < -0.4 is 5.32 Å². The van der Waals surface area contributed by atoms with Gasteiger partial charge >= 0.3 is 0 Å². The van der Waals surface area contributed by atoms with Crippen molar-refractivity contribution < 1.29 is 9.59 Å². The molecule has 3 heterocycles. The van der Waals surface area contributed by atoms with Gasteiger partial charge in [-0.25, -0.2) is 0 Å². The number of hydrogen-bond donors (Lipinski definition) is 2. The van der Waals surface area contributed by atoms with Crippen LogP contribution in [0, 0.1) is 26.7 Å². The Kier molecular flexibility index (Phi) is 8.55. The molecule has 0 unspecified atom stereocenters. The van der Waals surface area contributed by atoms with Crippen LogP contribution in [0.4, 0.5) is 0 Å². The molecule has 174 valence electrons. The van der Waals surface area contributed by atoms with Crippen LogP contribution in [0.25, 0.3) is 0 Å². The second-order valence-electron chi connectivity index (χ2n) is 9.29. The summed E-state index contributed by atoms with van der Waals surface area (Å²) >= 11 is 0. The molecule has 2 fully saturated rings. The second kappa shape index (κ2) is 11.1. The van der Waals surface area contributed by atoms with Crippen LogP contribution in [-0.4, -0.2) is 90.4 Å². The summed E-state index contributed by atoms with van der Waals surface area (Å²) in [5, 5.41) is 3.10. The zero-order valence-electron chi connectivity index (χ0n) is 19.9. The monoisotopic (exact) mass is 431 g/mol. The van der Waals surface area contributed by atoms with Crippen molar-refractivity contribution in [2.24, 2.45) is 5.92 Å². The molecule has 1 aromatic rings. The number of likely N-dealkylation sites (tertiary alicyclic amines) is 1. The maximum atomic E-state index is 12.9. The van der Waals surface area contributed by atoms with E-state index in [0.717, 1.165) is 101 Å². The van der Waals surface area contributed by atoms with Crippen molar-refractivity contribution >= 4 is 11.8 Å². The van der Waals surface area contributed by atoms with Crippen molar-refractivity contribution in [1.82, 2.24) is 25.0 Å². The highest BCUT2D eigenvalue weighted by Gasteiger charge is 2.27. The molecule has 2 amide bonds. The Morgan fingerprint density at radius 3 is 2.19 bits per heavy atom. The highest BCUT2D eigenvalue weighted by molar-refractivity contribution is 5.94. The smallest absolute Gasteiger partial charge is 0.270 e. The van der Waals surface area contributed by atoms with Gasteiger partial charge in [-0.1, -0.05) is 6.92 Å². The van der Waals surface area contributed by atoms with Gasteiger partial charge in [-0.15, -0.1) is 0 Å². The number of aromatic nitrogens is 1. The number of rotatable bonds is 8. The van der Waals surface area contributed by atoms with Crippen molar-refractivity contribution in [2.75, 3.05) is 58.9 Å². The van der Waals surface area contributed by atoms with E-state index in [1.165, 1.54) is 0 Å². The predicted octanol–water partition coefficient (Wildman–Crippen LogP) is 2.33. The van der Waals surface area contributed by atoms with Crippen LogP contribution in [0.15, 0.2) is 0 Å². The van der Waals surface area contributed by atoms with Crippen LogP contribution in [0.5, 0.6) is 0 Å². The summed E-state index contributed by atoms with van der Waals surface area (Å²) in [6.45, 7) is 17.3. The highest BCUT2D eigenvalue weighted by Crippen LogP contribution is 2.24. The first-order chi connectivity index (χ1) is 14.9. The van der Waals surface area contributed by atoms with E-state index in [-0.39, 0.29) is 11.8 Å². The Morgan fingerprint density at radius 1 is 0.968 bits per heavy atom. The normalized spacial score (nSPS) is 19.0. The summed E-state index contributed by atoms with van der Waals surface area (Å²) in [7, 11) is 0. The zero-order chi connectivity index (χ0) is 22.4. The molecule has 2 aliphatic rings. The van der Waals surface area contributed by atoms with Crippen LogP contribution in [-0.2, 0) is 4.79 Å². The van der Waals surface area contributed by atoms with Crippen molar-refractivity contribution in [3.05, 3.63) is 22.5 Å². The number of aryl methyl sites for hydroxylation is 1. The Balaban J connectivity index is 1.31. The molecule has 31 heavy (non-hydrogen) atoms. The summed E-state index contributed by atoms with van der Waals surface area (Å²) in [4.78, 5) is 35.4. The minimum Gasteiger partial charge on any atom is -0.356 e. The summed E-state index contributed by atoms with van der Waals surface area (Å²) < 4.78 is 0. The van der Waals surface area contributed by atoms with Gasteiger partial charge in [-0.3, -0.25) is 9.59 Å². The largest absolute Gasteiger partial charge is 0.356 e. The van der Waals surface area contributed by atoms with Crippen molar-refractivity contribution in [3.63, 3.8) is 0 Å². The van der Waals surface area contributed by atoms with Gasteiger partial charge in [0.2, 0.25) is 5.91 Å². The molecule has 7 nitrogen and oxygen atoms in total. The van der Waals surface area contributed by atoms with E-state index in [4.69, 9.17) is 0 Å². The topological polar surface area (TPSA) is 71.7 Å². The van der Waals surface area contributed by atoms with Crippen molar-refractivity contribution in [1.29, 1.82) is 0 Å². The molecule has 0 radical (unpaired) electrons. The van der Waals surface area contributed by atoms with Crippen LogP contribution in [0.3, 0.4) is 0 Å². The third-order valence-corrected chi connectivity index (χ3v) is 7.29. The van der Waals surface area contributed by atoms with Gasteiger partial charge in [0.25, 0.3) is 5.91 Å². The zero-order valence-corrected chi connectivity index (χ0v) is 19.9. The number of hydrogen-bond acceptors (Lipinski definition) is 4. The van der Waals surface area contributed by atoms with Gasteiger partial charge in [0, 0.05) is 57.9 Å². The number of nitrogens with one attached hydrogen (secondary N) is 2. The third kappa shape index (κ3) is 6.32. The molecule has 0 bridgehead atoms. The molecule has 1 aromatic heterocycles. The van der Waals surface area contributed by atoms with Crippen molar-refractivity contribution in [3.8, 4) is 0 Å². The maximum Gasteiger partial charge on any atom is 0.270 e. The summed E-state index contributed by atoms with van der Waals surface area (Å²) in [6, 6.07) is 0. The number of nitrogens with zero attached hydrogens (tertiary/aromatic N) is 3. The van der Waals surface area contributed by atoms with E-state index in [1.54, 1.807) is 0 Å². The van der Waals surface area contributed by atoms with E-state index in [0.29, 0.717) is 12.3 Å². The lowest BCUT2D eigenvalue weighted by molar-refractivity contribution is -0.122. The Bertz CT molecular complexity index is 743. The fraction of sp³-hybridized carbons (Fsp3) is 0.750. The average Bonchev–Trinajstić information content (AvgIpc) is 3.04. The highest BCUT2D eigenvalue weighted by atomic mass is 16.2. The van der Waals surface area contributed by atoms with Gasteiger partial charge in [0.1, 0.15) is 5.69 Å². The van der Waals surface area contributed by atoms with E-state index >= 15 is 0 Å². The minimum atomic E-state index is 0.0939. The molecule has 0 aliphatic carbocycles. The predicted molar refractivity (Wildman–Crippen MR) is 124 cm³/mol. The van der Waals surface area contributed by atoms with E-state index in [2.05, 4.69) is 33.9 Å². The number of likely N-dealkylation sites (N-methyl/N-ethyl adjacent to an activating group) is 1. The molecule has 0 spiro atoms. The first-order valence-electron chi connectivity index (χ1n) is 12.1. The first kappa shape index (κ1) is 23.8. The number of piperazine rings is 1. The molecule has 0 saturated carbocycles. The van der Waals surface area contributed by atoms with Crippen molar-refractivity contribution in [2.45, 2.75) is 53.4 Å². The van der Waals surface area contributed by atoms with E-state index < -0.39 is 0 Å². The molecular formula is C24H41N5O2. The number of H-pyrrole nitrogens is 1. The number of carbonyl (C=O) groups excluding carboxylic acids is 2. The number of carbonyl (C=O) groups is 2. The Hall–Kier alpha value is -1.86. The van der Waals surface area contributed by atoms with E-state index in [1.807, 2.05) is 18.7 Å². The minimum absolute atomic E-state index is 0.0939. The molecule has 7 heteroatoms. The summed E-state index contributed by atoms with van der Waals surface area (Å²) in [6.07, 6.45) is 3.40. The van der Waals surface area contributed by atoms with Crippen LogP contribution in [0.2, 0.25) is 0 Å². The van der Waals surface area contributed by atoms with Gasteiger partial charge < -0.3 is 25.0 Å². The molecule has 0 aromatic carbocycles. The average molecular weight is 432 g/mol. The number of amides is 2. The summed E-state index contributed by atoms with van der Waals surface area (Å²) in [5.74, 6) is 0.628. The third-order valence-electron chi connectivity index (χ3n) is 7.29. The molecule has 2 aliphatic heterocycles. The molecule has 2 N–H and O–H groups in total. The first-order valence-corrected chi connectivity index (χ1v) is 12.1. The van der Waals surface area contributed by atoms with E-state index in [9.17, 15) is 9.59 Å². The Labute approximate surface area is 187 Å². The molecule has 3 rings (SSSR count). The fourth-order valence-corrected chi connectivity index (χ4v) is 4.75. The van der Waals surface area contributed by atoms with Gasteiger partial charge in [-0.2, -0.15) is 0 Å². The lowest BCUT2D eigenvalue weighted by Gasteiger charge is -2.34. The quantitative estimate of drug-likeness (QED) is 0.620.